The summed E-state index contributed by atoms with van der Waals surface area (Å²) in [4.78, 5) is 13.0. The second-order valence-electron chi connectivity index (χ2n) is 3.75. The highest BCUT2D eigenvalue weighted by atomic mass is 15.3. The van der Waals surface area contributed by atoms with Crippen LogP contribution < -0.4 is 11.3 Å². The number of aryl methyl sites for hydroxylation is 2. The Labute approximate surface area is 100 Å². The van der Waals surface area contributed by atoms with Crippen molar-refractivity contribution in [1.29, 1.82) is 0 Å². The van der Waals surface area contributed by atoms with Crippen molar-refractivity contribution >= 4 is 5.82 Å². The number of nitrogens with one attached hydrogen (secondary N) is 1. The molecular weight excluding hydrogens is 214 g/mol. The molecule has 5 nitrogen and oxygen atoms in total. The minimum Gasteiger partial charge on any atom is -0.308 e. The fourth-order valence-corrected chi connectivity index (χ4v) is 1.48. The number of hydrazine groups is 1. The van der Waals surface area contributed by atoms with Crippen LogP contribution in [-0.4, -0.2) is 15.0 Å². The van der Waals surface area contributed by atoms with E-state index in [-0.39, 0.29) is 0 Å². The highest BCUT2D eigenvalue weighted by Crippen LogP contribution is 2.17. The quantitative estimate of drug-likeness (QED) is 0.618. The fourth-order valence-electron chi connectivity index (χ4n) is 1.48. The van der Waals surface area contributed by atoms with Crippen LogP contribution in [0.5, 0.6) is 0 Å². The van der Waals surface area contributed by atoms with Gasteiger partial charge in [0, 0.05) is 29.2 Å². The first-order valence-electron chi connectivity index (χ1n) is 5.50. The minimum atomic E-state index is 0.618. The Kier molecular flexibility index (Phi) is 3.30. The van der Waals surface area contributed by atoms with Crippen molar-refractivity contribution in [2.75, 3.05) is 5.43 Å². The molecule has 2 aromatic rings. The molecule has 0 fully saturated rings. The summed E-state index contributed by atoms with van der Waals surface area (Å²) in [6, 6.07) is 5.73. The SMILES string of the molecule is CCc1cc(NN)nc(-c2ccc(C)nc2)n1. The zero-order valence-corrected chi connectivity index (χ0v) is 9.94. The molecule has 0 aliphatic rings. The average Bonchev–Trinajstić information content (AvgIpc) is 2.39. The maximum Gasteiger partial charge on any atom is 0.163 e. The number of hydrogen-bond acceptors (Lipinski definition) is 5. The summed E-state index contributed by atoms with van der Waals surface area (Å²) in [6.07, 6.45) is 2.61. The Bertz CT molecular complexity index is 485. The Hall–Kier alpha value is -2.01. The maximum absolute atomic E-state index is 5.39. The molecule has 5 heteroatoms. The summed E-state index contributed by atoms with van der Waals surface area (Å²) < 4.78 is 0. The molecule has 0 spiro atoms. The van der Waals surface area contributed by atoms with E-state index in [0.29, 0.717) is 11.6 Å². The average molecular weight is 229 g/mol. The standard InChI is InChI=1S/C12H15N5/c1-3-10-6-11(17-13)16-12(15-10)9-5-4-8(2)14-7-9/h4-7H,3,13H2,1-2H3,(H,15,16,17). The zero-order chi connectivity index (χ0) is 12.3. The van der Waals surface area contributed by atoms with Gasteiger partial charge in [-0.15, -0.1) is 0 Å². The van der Waals surface area contributed by atoms with Crippen LogP contribution >= 0.6 is 0 Å². The molecule has 88 valence electrons. The number of rotatable bonds is 3. The van der Waals surface area contributed by atoms with Crippen LogP contribution in [0.3, 0.4) is 0 Å². The summed E-state index contributed by atoms with van der Waals surface area (Å²) in [5.41, 5.74) is 5.36. The molecule has 0 saturated heterocycles. The van der Waals surface area contributed by atoms with Gasteiger partial charge in [-0.25, -0.2) is 15.8 Å². The molecule has 0 atom stereocenters. The van der Waals surface area contributed by atoms with Crippen molar-refractivity contribution in [3.05, 3.63) is 35.8 Å². The third-order valence-electron chi connectivity index (χ3n) is 2.46. The molecule has 0 aliphatic heterocycles. The van der Waals surface area contributed by atoms with E-state index >= 15 is 0 Å². The van der Waals surface area contributed by atoms with E-state index < -0.39 is 0 Å². The van der Waals surface area contributed by atoms with Crippen LogP contribution in [0.1, 0.15) is 18.3 Å². The van der Waals surface area contributed by atoms with E-state index in [0.717, 1.165) is 23.4 Å². The highest BCUT2D eigenvalue weighted by molar-refractivity contribution is 5.56. The molecule has 0 aliphatic carbocycles. The van der Waals surface area contributed by atoms with Gasteiger partial charge in [0.25, 0.3) is 0 Å². The number of nitrogens with two attached hydrogens (primary N) is 1. The van der Waals surface area contributed by atoms with Crippen molar-refractivity contribution in [1.82, 2.24) is 15.0 Å². The second-order valence-corrected chi connectivity index (χ2v) is 3.75. The van der Waals surface area contributed by atoms with Gasteiger partial charge in [0.2, 0.25) is 0 Å². The van der Waals surface area contributed by atoms with Gasteiger partial charge < -0.3 is 5.43 Å². The van der Waals surface area contributed by atoms with E-state index in [9.17, 15) is 0 Å². The maximum atomic E-state index is 5.39. The molecule has 17 heavy (non-hydrogen) atoms. The number of nitrogens with zero attached hydrogens (tertiary/aromatic N) is 3. The third kappa shape index (κ3) is 2.57. The minimum absolute atomic E-state index is 0.618. The summed E-state index contributed by atoms with van der Waals surface area (Å²) in [7, 11) is 0. The van der Waals surface area contributed by atoms with Gasteiger partial charge in [-0.3, -0.25) is 4.98 Å². The Morgan fingerprint density at radius 1 is 1.29 bits per heavy atom. The van der Waals surface area contributed by atoms with Crippen molar-refractivity contribution in [3.63, 3.8) is 0 Å². The summed E-state index contributed by atoms with van der Waals surface area (Å²) in [5, 5.41) is 0. The van der Waals surface area contributed by atoms with Crippen LogP contribution in [0.2, 0.25) is 0 Å². The molecule has 0 saturated carbocycles. The molecule has 2 rings (SSSR count). The van der Waals surface area contributed by atoms with Crippen molar-refractivity contribution in [2.24, 2.45) is 5.84 Å². The van der Waals surface area contributed by atoms with Gasteiger partial charge in [-0.05, 0) is 25.5 Å². The number of aromatic nitrogens is 3. The van der Waals surface area contributed by atoms with Gasteiger partial charge in [0.05, 0.1) is 0 Å². The van der Waals surface area contributed by atoms with Crippen LogP contribution in [-0.2, 0) is 6.42 Å². The summed E-state index contributed by atoms with van der Waals surface area (Å²) in [6.45, 7) is 3.99. The van der Waals surface area contributed by atoms with Gasteiger partial charge in [0.15, 0.2) is 5.82 Å². The smallest absolute Gasteiger partial charge is 0.163 e. The number of anilines is 1. The van der Waals surface area contributed by atoms with Crippen molar-refractivity contribution in [3.8, 4) is 11.4 Å². The van der Waals surface area contributed by atoms with Crippen molar-refractivity contribution < 1.29 is 0 Å². The van der Waals surface area contributed by atoms with Gasteiger partial charge in [-0.2, -0.15) is 0 Å². The lowest BCUT2D eigenvalue weighted by atomic mass is 10.2. The van der Waals surface area contributed by atoms with Gasteiger partial charge in [-0.1, -0.05) is 6.92 Å². The molecule has 0 radical (unpaired) electrons. The normalized spacial score (nSPS) is 10.3. The van der Waals surface area contributed by atoms with E-state index in [1.807, 2.05) is 32.0 Å². The molecule has 0 bridgehead atoms. The number of hydrogen-bond donors (Lipinski definition) is 2. The molecule has 0 aromatic carbocycles. The topological polar surface area (TPSA) is 76.7 Å². The third-order valence-corrected chi connectivity index (χ3v) is 2.46. The van der Waals surface area contributed by atoms with Crippen LogP contribution in [0.4, 0.5) is 5.82 Å². The molecular formula is C12H15N5. The van der Waals surface area contributed by atoms with Crippen molar-refractivity contribution in [2.45, 2.75) is 20.3 Å². The highest BCUT2D eigenvalue weighted by Gasteiger charge is 2.05. The van der Waals surface area contributed by atoms with E-state index in [2.05, 4.69) is 20.4 Å². The number of nitrogen functional groups attached to an aromatic ring is 1. The number of pyridine rings is 1. The lowest BCUT2D eigenvalue weighted by Crippen LogP contribution is -2.10. The molecule has 0 amide bonds. The second kappa shape index (κ2) is 4.88. The van der Waals surface area contributed by atoms with E-state index in [1.165, 1.54) is 0 Å². The summed E-state index contributed by atoms with van der Waals surface area (Å²) in [5.74, 6) is 6.65. The summed E-state index contributed by atoms with van der Waals surface area (Å²) >= 11 is 0. The lowest BCUT2D eigenvalue weighted by molar-refractivity contribution is 0.999. The first kappa shape index (κ1) is 11.5. The van der Waals surface area contributed by atoms with Crippen LogP contribution in [0.15, 0.2) is 24.4 Å². The van der Waals surface area contributed by atoms with Gasteiger partial charge in [0.1, 0.15) is 5.82 Å². The Balaban J connectivity index is 2.46. The van der Waals surface area contributed by atoms with E-state index in [1.54, 1.807) is 6.20 Å². The Morgan fingerprint density at radius 3 is 2.71 bits per heavy atom. The lowest BCUT2D eigenvalue weighted by Gasteiger charge is -2.06. The van der Waals surface area contributed by atoms with E-state index in [4.69, 9.17) is 5.84 Å². The molecule has 2 aromatic heterocycles. The fraction of sp³-hybridized carbons (Fsp3) is 0.250. The first-order chi connectivity index (χ1) is 8.22. The molecule has 0 unspecified atom stereocenters. The van der Waals surface area contributed by atoms with Crippen LogP contribution in [0.25, 0.3) is 11.4 Å². The molecule has 2 heterocycles. The van der Waals surface area contributed by atoms with Crippen LogP contribution in [0, 0.1) is 6.92 Å². The zero-order valence-electron chi connectivity index (χ0n) is 9.94. The predicted molar refractivity (Wildman–Crippen MR) is 67.2 cm³/mol. The first-order valence-corrected chi connectivity index (χ1v) is 5.50. The Morgan fingerprint density at radius 2 is 2.12 bits per heavy atom. The largest absolute Gasteiger partial charge is 0.308 e. The molecule has 3 N–H and O–H groups in total. The predicted octanol–water partition coefficient (Wildman–Crippen LogP) is 1.70. The monoisotopic (exact) mass is 229 g/mol. The van der Waals surface area contributed by atoms with Gasteiger partial charge >= 0.3 is 0 Å².